The summed E-state index contributed by atoms with van der Waals surface area (Å²) in [7, 11) is 0. The lowest BCUT2D eigenvalue weighted by Crippen LogP contribution is -1.92. The third kappa shape index (κ3) is 0.949. The summed E-state index contributed by atoms with van der Waals surface area (Å²) in [5.74, 6) is -0.178. The summed E-state index contributed by atoms with van der Waals surface area (Å²) in [6.07, 6.45) is 0.521. The fourth-order valence-corrected chi connectivity index (χ4v) is 0.631. The Morgan fingerprint density at radius 2 is 2.40 bits per heavy atom. The van der Waals surface area contributed by atoms with Gasteiger partial charge in [0.25, 0.3) is 0 Å². The zero-order valence-electron chi connectivity index (χ0n) is 5.37. The molecule has 0 radical (unpaired) electrons. The molecule has 0 spiro atoms. The standard InChI is InChI=1S/C4H6N4O2/c1-2-3-4(8(9)10)6-7-5-3/h2H2,1H3,(H,5,6,7). The number of hydrogen-bond donors (Lipinski definition) is 1. The molecule has 1 aromatic heterocycles. The van der Waals surface area contributed by atoms with Crippen LogP contribution >= 0.6 is 0 Å². The molecule has 10 heavy (non-hydrogen) atoms. The van der Waals surface area contributed by atoms with Gasteiger partial charge in [-0.25, -0.2) is 0 Å². The van der Waals surface area contributed by atoms with E-state index in [1.807, 2.05) is 0 Å². The molecule has 0 aliphatic carbocycles. The molecule has 0 saturated carbocycles. The summed E-state index contributed by atoms with van der Waals surface area (Å²) in [4.78, 5) is 9.57. The number of nitrogens with one attached hydrogen (secondary N) is 1. The van der Waals surface area contributed by atoms with E-state index < -0.39 is 4.92 Å². The van der Waals surface area contributed by atoms with Crippen LogP contribution in [0.3, 0.4) is 0 Å². The maximum Gasteiger partial charge on any atom is 0.413 e. The third-order valence-electron chi connectivity index (χ3n) is 1.11. The Bertz CT molecular complexity index is 243. The van der Waals surface area contributed by atoms with E-state index in [1.54, 1.807) is 6.92 Å². The van der Waals surface area contributed by atoms with Gasteiger partial charge in [0.05, 0.1) is 5.10 Å². The summed E-state index contributed by atoms with van der Waals surface area (Å²) >= 11 is 0. The molecule has 0 aliphatic rings. The van der Waals surface area contributed by atoms with Crippen LogP contribution in [0.5, 0.6) is 0 Å². The molecule has 54 valence electrons. The summed E-state index contributed by atoms with van der Waals surface area (Å²) < 4.78 is 0. The van der Waals surface area contributed by atoms with E-state index in [0.717, 1.165) is 0 Å². The highest BCUT2D eigenvalue weighted by molar-refractivity contribution is 5.22. The van der Waals surface area contributed by atoms with E-state index >= 15 is 0 Å². The molecule has 1 N–H and O–H groups in total. The minimum atomic E-state index is -0.553. The highest BCUT2D eigenvalue weighted by atomic mass is 16.6. The van der Waals surface area contributed by atoms with Crippen molar-refractivity contribution < 1.29 is 4.92 Å². The highest BCUT2D eigenvalue weighted by Crippen LogP contribution is 2.09. The number of nitro groups is 1. The molecule has 1 aromatic rings. The van der Waals surface area contributed by atoms with E-state index in [-0.39, 0.29) is 5.82 Å². The van der Waals surface area contributed by atoms with E-state index in [0.29, 0.717) is 12.1 Å². The van der Waals surface area contributed by atoms with Crippen molar-refractivity contribution in [2.24, 2.45) is 0 Å². The Morgan fingerprint density at radius 3 is 2.80 bits per heavy atom. The first-order valence-corrected chi connectivity index (χ1v) is 2.79. The molecule has 0 fully saturated rings. The first kappa shape index (κ1) is 6.66. The Labute approximate surface area is 56.4 Å². The van der Waals surface area contributed by atoms with Crippen LogP contribution in [0.2, 0.25) is 0 Å². The van der Waals surface area contributed by atoms with Crippen molar-refractivity contribution in [3.05, 3.63) is 15.8 Å². The maximum atomic E-state index is 10.1. The molecule has 0 saturated heterocycles. The van der Waals surface area contributed by atoms with Gasteiger partial charge in [0.15, 0.2) is 5.69 Å². The number of H-pyrrole nitrogens is 1. The highest BCUT2D eigenvalue weighted by Gasteiger charge is 2.16. The Balaban J connectivity index is 3.01. The van der Waals surface area contributed by atoms with Crippen LogP contribution in [-0.2, 0) is 6.42 Å². The zero-order chi connectivity index (χ0) is 7.56. The SMILES string of the molecule is CCc1n[nH]nc1[N+](=O)[O-]. The third-order valence-corrected chi connectivity index (χ3v) is 1.11. The average molecular weight is 142 g/mol. The van der Waals surface area contributed by atoms with Gasteiger partial charge < -0.3 is 10.1 Å². The Morgan fingerprint density at radius 1 is 1.70 bits per heavy atom. The molecule has 0 aromatic carbocycles. The summed E-state index contributed by atoms with van der Waals surface area (Å²) in [5, 5.41) is 19.2. The van der Waals surface area contributed by atoms with E-state index in [1.165, 1.54) is 0 Å². The van der Waals surface area contributed by atoms with Crippen molar-refractivity contribution in [1.82, 2.24) is 15.4 Å². The number of nitrogens with zero attached hydrogens (tertiary/aromatic N) is 3. The van der Waals surface area contributed by atoms with Crippen molar-refractivity contribution in [2.45, 2.75) is 13.3 Å². The van der Waals surface area contributed by atoms with Crippen molar-refractivity contribution in [1.29, 1.82) is 0 Å². The molecule has 0 unspecified atom stereocenters. The average Bonchev–Trinajstić information content (AvgIpc) is 2.33. The van der Waals surface area contributed by atoms with Gasteiger partial charge in [-0.15, -0.1) is 10.3 Å². The van der Waals surface area contributed by atoms with Crippen LogP contribution in [-0.4, -0.2) is 20.3 Å². The van der Waals surface area contributed by atoms with Crippen LogP contribution < -0.4 is 0 Å². The topological polar surface area (TPSA) is 84.7 Å². The van der Waals surface area contributed by atoms with E-state index in [9.17, 15) is 10.1 Å². The summed E-state index contributed by atoms with van der Waals surface area (Å²) in [6, 6.07) is 0. The molecule has 6 heteroatoms. The number of aromatic nitrogens is 3. The van der Waals surface area contributed by atoms with Crippen molar-refractivity contribution in [2.75, 3.05) is 0 Å². The minimum Gasteiger partial charge on any atom is -0.358 e. The normalized spacial score (nSPS) is 9.70. The van der Waals surface area contributed by atoms with Crippen molar-refractivity contribution >= 4 is 5.82 Å². The van der Waals surface area contributed by atoms with Crippen molar-refractivity contribution in [3.8, 4) is 0 Å². The lowest BCUT2D eigenvalue weighted by molar-refractivity contribution is -0.390. The fourth-order valence-electron chi connectivity index (χ4n) is 0.631. The monoisotopic (exact) mass is 142 g/mol. The quantitative estimate of drug-likeness (QED) is 0.474. The second-order valence-electron chi connectivity index (χ2n) is 1.70. The number of rotatable bonds is 2. The van der Waals surface area contributed by atoms with E-state index in [2.05, 4.69) is 15.4 Å². The number of hydrogen-bond acceptors (Lipinski definition) is 4. The lowest BCUT2D eigenvalue weighted by atomic mass is 10.3. The van der Waals surface area contributed by atoms with Gasteiger partial charge in [0.1, 0.15) is 0 Å². The zero-order valence-corrected chi connectivity index (χ0v) is 5.37. The van der Waals surface area contributed by atoms with Crippen LogP contribution in [0.1, 0.15) is 12.6 Å². The molecule has 6 nitrogen and oxygen atoms in total. The van der Waals surface area contributed by atoms with Gasteiger partial charge in [-0.1, -0.05) is 6.92 Å². The molecule has 0 amide bonds. The van der Waals surface area contributed by atoms with Gasteiger partial charge in [0.2, 0.25) is 0 Å². The maximum absolute atomic E-state index is 10.1. The summed E-state index contributed by atoms with van der Waals surface area (Å²) in [6.45, 7) is 1.78. The van der Waals surface area contributed by atoms with Crippen LogP contribution in [0, 0.1) is 10.1 Å². The molecule has 1 rings (SSSR count). The largest absolute Gasteiger partial charge is 0.413 e. The number of aromatic amines is 1. The van der Waals surface area contributed by atoms with Gasteiger partial charge in [0, 0.05) is 0 Å². The van der Waals surface area contributed by atoms with E-state index in [4.69, 9.17) is 0 Å². The van der Waals surface area contributed by atoms with Gasteiger partial charge in [-0.2, -0.15) is 0 Å². The van der Waals surface area contributed by atoms with Crippen LogP contribution in [0.4, 0.5) is 5.82 Å². The molecule has 1 heterocycles. The lowest BCUT2D eigenvalue weighted by Gasteiger charge is -1.86. The van der Waals surface area contributed by atoms with Crippen LogP contribution in [0.25, 0.3) is 0 Å². The molecule has 0 aliphatic heterocycles. The van der Waals surface area contributed by atoms with Gasteiger partial charge >= 0.3 is 5.82 Å². The second kappa shape index (κ2) is 2.42. The Kier molecular flexibility index (Phi) is 1.61. The minimum absolute atomic E-state index is 0.178. The van der Waals surface area contributed by atoms with Crippen LogP contribution in [0.15, 0.2) is 0 Å². The molecule has 0 bridgehead atoms. The molecule has 0 atom stereocenters. The number of aryl methyl sites for hydroxylation is 1. The van der Waals surface area contributed by atoms with Gasteiger partial charge in [-0.05, 0) is 11.3 Å². The smallest absolute Gasteiger partial charge is 0.358 e. The second-order valence-corrected chi connectivity index (χ2v) is 1.70. The van der Waals surface area contributed by atoms with Crippen molar-refractivity contribution in [3.63, 3.8) is 0 Å². The first-order valence-electron chi connectivity index (χ1n) is 2.79. The molecular formula is C4H6N4O2. The predicted molar refractivity (Wildman–Crippen MR) is 32.4 cm³/mol. The predicted octanol–water partition coefficient (Wildman–Crippen LogP) is 0.275. The first-order chi connectivity index (χ1) is 4.75. The Hall–Kier alpha value is -1.46. The summed E-state index contributed by atoms with van der Waals surface area (Å²) in [5.41, 5.74) is 0.394. The fraction of sp³-hybridized carbons (Fsp3) is 0.500. The van der Waals surface area contributed by atoms with Gasteiger partial charge in [-0.3, -0.25) is 0 Å². The molecular weight excluding hydrogens is 136 g/mol.